The first-order valence-corrected chi connectivity index (χ1v) is 8.16. The maximum absolute atomic E-state index is 12.1. The largest absolute Gasteiger partial charge is 0.311 e. The predicted octanol–water partition coefficient (Wildman–Crippen LogP) is 2.62. The lowest BCUT2D eigenvalue weighted by molar-refractivity contribution is -0.116. The third-order valence-electron chi connectivity index (χ3n) is 4.48. The third kappa shape index (κ3) is 2.60. The molecule has 24 heavy (non-hydrogen) atoms. The van der Waals surface area contributed by atoms with Crippen molar-refractivity contribution in [3.8, 4) is 0 Å². The van der Waals surface area contributed by atoms with Gasteiger partial charge in [-0.25, -0.2) is 4.68 Å². The molecule has 3 aromatic rings. The third-order valence-corrected chi connectivity index (χ3v) is 4.48. The highest BCUT2D eigenvalue weighted by Gasteiger charge is 2.29. The Morgan fingerprint density at radius 3 is 2.79 bits per heavy atom. The molecule has 1 aromatic carbocycles. The minimum absolute atomic E-state index is 0.0447. The van der Waals surface area contributed by atoms with Crippen LogP contribution in [0.3, 0.4) is 0 Å². The Balaban J connectivity index is 1.62. The molecule has 1 amide bonds. The van der Waals surface area contributed by atoms with Crippen LogP contribution < -0.4 is 5.32 Å². The first-order chi connectivity index (χ1) is 11.7. The summed E-state index contributed by atoms with van der Waals surface area (Å²) in [6.45, 7) is 3.51. The number of benzene rings is 1. The van der Waals surface area contributed by atoms with Crippen LogP contribution in [0.1, 0.15) is 36.0 Å². The topological polar surface area (TPSA) is 64.7 Å². The lowest BCUT2D eigenvalue weighted by Crippen LogP contribution is -2.24. The van der Waals surface area contributed by atoms with E-state index in [-0.39, 0.29) is 11.8 Å². The molecule has 0 saturated heterocycles. The quantitative estimate of drug-likeness (QED) is 0.803. The Bertz CT molecular complexity index is 848. The number of amides is 1. The van der Waals surface area contributed by atoms with E-state index in [1.54, 1.807) is 6.20 Å². The van der Waals surface area contributed by atoms with E-state index in [0.29, 0.717) is 6.42 Å². The Labute approximate surface area is 140 Å². The van der Waals surface area contributed by atoms with Crippen LogP contribution in [0.15, 0.2) is 48.9 Å². The standard InChI is InChI=1S/C18H19N5O/c1-2-23-18-16(11-20-23)15(10-17(24)21-18)14-6-4-13(5-7-14)12-22-9-3-8-19-22/h3-9,11,15H,2,10,12H2,1H3,(H,21,24). The van der Waals surface area contributed by atoms with E-state index in [1.807, 2.05) is 34.7 Å². The van der Waals surface area contributed by atoms with E-state index in [9.17, 15) is 4.79 Å². The molecule has 1 atom stereocenters. The number of rotatable bonds is 4. The summed E-state index contributed by atoms with van der Waals surface area (Å²) in [7, 11) is 0. The van der Waals surface area contributed by atoms with Gasteiger partial charge in [-0.2, -0.15) is 10.2 Å². The summed E-state index contributed by atoms with van der Waals surface area (Å²) >= 11 is 0. The van der Waals surface area contributed by atoms with E-state index in [0.717, 1.165) is 30.0 Å². The van der Waals surface area contributed by atoms with Crippen molar-refractivity contribution >= 4 is 11.7 Å². The van der Waals surface area contributed by atoms with Crippen molar-refractivity contribution in [2.45, 2.75) is 32.4 Å². The number of hydrogen-bond acceptors (Lipinski definition) is 3. The molecule has 0 radical (unpaired) electrons. The van der Waals surface area contributed by atoms with Gasteiger partial charge in [0.15, 0.2) is 0 Å². The van der Waals surface area contributed by atoms with Crippen LogP contribution in [-0.2, 0) is 17.9 Å². The molecule has 1 aliphatic heterocycles. The summed E-state index contributed by atoms with van der Waals surface area (Å²) < 4.78 is 3.73. The normalized spacial score (nSPS) is 16.7. The summed E-state index contributed by atoms with van der Waals surface area (Å²) in [5.41, 5.74) is 3.43. The maximum atomic E-state index is 12.1. The first kappa shape index (κ1) is 14.7. The van der Waals surface area contributed by atoms with Gasteiger partial charge in [-0.15, -0.1) is 0 Å². The Kier molecular flexibility index (Phi) is 3.65. The Morgan fingerprint density at radius 2 is 2.08 bits per heavy atom. The van der Waals surface area contributed by atoms with Gasteiger partial charge in [-0.3, -0.25) is 9.48 Å². The molecule has 3 heterocycles. The number of aryl methyl sites for hydroxylation is 1. The van der Waals surface area contributed by atoms with Gasteiger partial charge in [0, 0.05) is 36.8 Å². The van der Waals surface area contributed by atoms with Gasteiger partial charge >= 0.3 is 0 Å². The average Bonchev–Trinajstić information content (AvgIpc) is 3.24. The fourth-order valence-electron chi connectivity index (χ4n) is 3.24. The van der Waals surface area contributed by atoms with Crippen LogP contribution in [0, 0.1) is 0 Å². The van der Waals surface area contributed by atoms with E-state index in [2.05, 4.69) is 39.8 Å². The van der Waals surface area contributed by atoms with Gasteiger partial charge in [0.05, 0.1) is 12.7 Å². The molecular formula is C18H19N5O. The van der Waals surface area contributed by atoms with Crippen LogP contribution in [-0.4, -0.2) is 25.5 Å². The van der Waals surface area contributed by atoms with Crippen LogP contribution in [0.5, 0.6) is 0 Å². The fraction of sp³-hybridized carbons (Fsp3) is 0.278. The van der Waals surface area contributed by atoms with Crippen LogP contribution in [0.4, 0.5) is 5.82 Å². The number of hydrogen-bond donors (Lipinski definition) is 1. The van der Waals surface area contributed by atoms with Gasteiger partial charge in [0.1, 0.15) is 5.82 Å². The number of nitrogens with zero attached hydrogens (tertiary/aromatic N) is 4. The molecule has 122 valence electrons. The Hall–Kier alpha value is -2.89. The van der Waals surface area contributed by atoms with Gasteiger partial charge in [0.25, 0.3) is 0 Å². The van der Waals surface area contributed by atoms with Gasteiger partial charge < -0.3 is 5.32 Å². The highest BCUT2D eigenvalue weighted by Crippen LogP contribution is 2.36. The number of aromatic nitrogens is 4. The molecule has 0 fully saturated rings. The molecule has 1 aliphatic rings. The summed E-state index contributed by atoms with van der Waals surface area (Å²) in [6.07, 6.45) is 6.06. The summed E-state index contributed by atoms with van der Waals surface area (Å²) in [6, 6.07) is 10.3. The molecule has 0 saturated carbocycles. The van der Waals surface area contributed by atoms with E-state index in [1.165, 1.54) is 5.56 Å². The molecule has 6 heteroatoms. The molecule has 6 nitrogen and oxygen atoms in total. The average molecular weight is 321 g/mol. The molecule has 1 unspecified atom stereocenters. The second-order valence-corrected chi connectivity index (χ2v) is 6.01. The number of carbonyl (C=O) groups excluding carboxylic acids is 1. The second kappa shape index (κ2) is 5.96. The number of carbonyl (C=O) groups is 1. The minimum Gasteiger partial charge on any atom is -0.311 e. The van der Waals surface area contributed by atoms with Crippen molar-refractivity contribution < 1.29 is 4.79 Å². The number of nitrogens with one attached hydrogen (secondary N) is 1. The van der Waals surface area contributed by atoms with Crippen molar-refractivity contribution in [1.29, 1.82) is 0 Å². The zero-order valence-corrected chi connectivity index (χ0v) is 13.5. The first-order valence-electron chi connectivity index (χ1n) is 8.16. The summed E-state index contributed by atoms with van der Waals surface area (Å²) in [5.74, 6) is 0.940. The zero-order valence-electron chi connectivity index (χ0n) is 13.5. The van der Waals surface area contributed by atoms with Crippen LogP contribution in [0.25, 0.3) is 0 Å². The molecule has 0 bridgehead atoms. The monoisotopic (exact) mass is 321 g/mol. The molecule has 4 rings (SSSR count). The summed E-state index contributed by atoms with van der Waals surface area (Å²) in [4.78, 5) is 12.1. The molecule has 1 N–H and O–H groups in total. The number of anilines is 1. The van der Waals surface area contributed by atoms with Gasteiger partial charge in [-0.05, 0) is 24.1 Å². The van der Waals surface area contributed by atoms with Gasteiger partial charge in [0.2, 0.25) is 5.91 Å². The highest BCUT2D eigenvalue weighted by molar-refractivity contribution is 5.94. The van der Waals surface area contributed by atoms with E-state index in [4.69, 9.17) is 0 Å². The lowest BCUT2D eigenvalue weighted by atomic mass is 9.87. The smallest absolute Gasteiger partial charge is 0.226 e. The zero-order chi connectivity index (χ0) is 16.5. The van der Waals surface area contributed by atoms with E-state index < -0.39 is 0 Å². The van der Waals surface area contributed by atoms with Crippen LogP contribution >= 0.6 is 0 Å². The SMILES string of the molecule is CCn1ncc2c1NC(=O)CC2c1ccc(Cn2cccn2)cc1. The van der Waals surface area contributed by atoms with Crippen molar-refractivity contribution in [3.63, 3.8) is 0 Å². The molecule has 0 spiro atoms. The molecular weight excluding hydrogens is 302 g/mol. The molecule has 0 aliphatic carbocycles. The Morgan fingerprint density at radius 1 is 1.25 bits per heavy atom. The van der Waals surface area contributed by atoms with E-state index >= 15 is 0 Å². The predicted molar refractivity (Wildman–Crippen MR) is 90.8 cm³/mol. The highest BCUT2D eigenvalue weighted by atomic mass is 16.1. The molecule has 2 aromatic heterocycles. The summed E-state index contributed by atoms with van der Waals surface area (Å²) in [5, 5.41) is 11.6. The van der Waals surface area contributed by atoms with Crippen LogP contribution in [0.2, 0.25) is 0 Å². The number of fused-ring (bicyclic) bond motifs is 1. The van der Waals surface area contributed by atoms with Gasteiger partial charge in [-0.1, -0.05) is 24.3 Å². The van der Waals surface area contributed by atoms with Crippen molar-refractivity contribution in [2.24, 2.45) is 0 Å². The minimum atomic E-state index is 0.0447. The second-order valence-electron chi connectivity index (χ2n) is 6.01. The van der Waals surface area contributed by atoms with Crippen molar-refractivity contribution in [3.05, 3.63) is 65.6 Å². The lowest BCUT2D eigenvalue weighted by Gasteiger charge is -2.23. The van der Waals surface area contributed by atoms with Crippen molar-refractivity contribution in [2.75, 3.05) is 5.32 Å². The van der Waals surface area contributed by atoms with Crippen molar-refractivity contribution in [1.82, 2.24) is 19.6 Å². The maximum Gasteiger partial charge on any atom is 0.226 e. The fourth-order valence-corrected chi connectivity index (χ4v) is 3.24.